The minimum absolute atomic E-state index is 0.146. The van der Waals surface area contributed by atoms with Gasteiger partial charge in [0.05, 0.1) is 13.2 Å². The van der Waals surface area contributed by atoms with Crippen molar-refractivity contribution in [1.82, 2.24) is 4.98 Å². The van der Waals surface area contributed by atoms with Crippen molar-refractivity contribution < 1.29 is 14.3 Å². The number of hydrogen-bond acceptors (Lipinski definition) is 6. The van der Waals surface area contributed by atoms with E-state index in [1.54, 1.807) is 0 Å². The summed E-state index contributed by atoms with van der Waals surface area (Å²) in [7, 11) is 1.35. The van der Waals surface area contributed by atoms with Crippen molar-refractivity contribution in [3.05, 3.63) is 34.8 Å². The summed E-state index contributed by atoms with van der Waals surface area (Å²) in [5.74, 6) is 0.401. The number of hydrogen-bond donors (Lipinski definition) is 1. The fourth-order valence-corrected chi connectivity index (χ4v) is 2.57. The first-order chi connectivity index (χ1) is 9.99. The van der Waals surface area contributed by atoms with Crippen molar-refractivity contribution >= 4 is 28.1 Å². The molecule has 2 aromatic rings. The van der Waals surface area contributed by atoms with Crippen LogP contribution in [0.15, 0.2) is 24.3 Å². The molecular weight excluding hydrogens is 288 g/mol. The molecule has 0 atom stereocenters. The number of ether oxygens (including phenoxy) is 2. The Hall–Kier alpha value is -2.08. The highest BCUT2D eigenvalue weighted by atomic mass is 32.1. The third kappa shape index (κ3) is 3.95. The first-order valence-electron chi connectivity index (χ1n) is 6.59. The molecule has 0 spiro atoms. The molecule has 0 amide bonds. The molecule has 0 aliphatic carbocycles. The number of methoxy groups -OCH3 is 1. The summed E-state index contributed by atoms with van der Waals surface area (Å²) in [6, 6.07) is 7.60. The first-order valence-corrected chi connectivity index (χ1v) is 7.40. The number of carbonyl (C=O) groups excluding carboxylic acids is 1. The van der Waals surface area contributed by atoms with Gasteiger partial charge in [-0.05, 0) is 45.0 Å². The van der Waals surface area contributed by atoms with E-state index < -0.39 is 5.97 Å². The molecule has 0 aliphatic rings. The van der Waals surface area contributed by atoms with E-state index in [0.29, 0.717) is 10.8 Å². The van der Waals surface area contributed by atoms with Crippen LogP contribution in [0.1, 0.15) is 29.2 Å². The number of esters is 1. The van der Waals surface area contributed by atoms with E-state index in [-0.39, 0.29) is 6.10 Å². The van der Waals surface area contributed by atoms with Crippen molar-refractivity contribution in [3.8, 4) is 5.75 Å². The zero-order valence-corrected chi connectivity index (χ0v) is 13.3. The number of benzene rings is 1. The Kier molecular flexibility index (Phi) is 4.80. The highest BCUT2D eigenvalue weighted by molar-refractivity contribution is 7.15. The summed E-state index contributed by atoms with van der Waals surface area (Å²) in [5.41, 5.74) is 1.24. The van der Waals surface area contributed by atoms with Crippen LogP contribution in [0.25, 0.3) is 0 Å². The monoisotopic (exact) mass is 306 g/mol. The molecule has 0 bridgehead atoms. The molecule has 0 saturated heterocycles. The zero-order valence-electron chi connectivity index (χ0n) is 12.5. The van der Waals surface area contributed by atoms with E-state index in [0.717, 1.165) is 16.3 Å². The van der Waals surface area contributed by atoms with Crippen LogP contribution >= 0.6 is 11.3 Å². The lowest BCUT2D eigenvalue weighted by molar-refractivity contribution is 0.0594. The predicted molar refractivity (Wildman–Crippen MR) is 83.7 cm³/mol. The number of rotatable bonds is 5. The molecule has 1 heterocycles. The minimum atomic E-state index is -0.419. The van der Waals surface area contributed by atoms with Gasteiger partial charge in [0.2, 0.25) is 0 Å². The van der Waals surface area contributed by atoms with Gasteiger partial charge in [-0.15, -0.1) is 11.3 Å². The highest BCUT2D eigenvalue weighted by Crippen LogP contribution is 2.26. The minimum Gasteiger partial charge on any atom is -0.491 e. The van der Waals surface area contributed by atoms with Crippen LogP contribution in [-0.4, -0.2) is 24.2 Å². The van der Waals surface area contributed by atoms with Gasteiger partial charge in [0.1, 0.15) is 5.75 Å². The molecule has 0 radical (unpaired) electrons. The Labute approximate surface area is 127 Å². The number of aryl methyl sites for hydroxylation is 1. The van der Waals surface area contributed by atoms with Gasteiger partial charge in [-0.25, -0.2) is 9.78 Å². The maximum atomic E-state index is 11.5. The third-order valence-electron chi connectivity index (χ3n) is 2.65. The lowest BCUT2D eigenvalue weighted by atomic mass is 10.3. The zero-order chi connectivity index (χ0) is 15.4. The fraction of sp³-hybridized carbons (Fsp3) is 0.333. The average molecular weight is 306 g/mol. The van der Waals surface area contributed by atoms with E-state index in [9.17, 15) is 4.79 Å². The van der Waals surface area contributed by atoms with Gasteiger partial charge in [-0.2, -0.15) is 0 Å². The summed E-state index contributed by atoms with van der Waals surface area (Å²) < 4.78 is 10.3. The van der Waals surface area contributed by atoms with E-state index in [4.69, 9.17) is 9.47 Å². The molecule has 112 valence electrons. The van der Waals surface area contributed by atoms with E-state index in [1.807, 2.05) is 45.0 Å². The molecule has 2 rings (SSSR count). The molecule has 0 saturated carbocycles. The van der Waals surface area contributed by atoms with Gasteiger partial charge < -0.3 is 14.8 Å². The van der Waals surface area contributed by atoms with Gasteiger partial charge in [0.15, 0.2) is 10.8 Å². The summed E-state index contributed by atoms with van der Waals surface area (Å²) in [6.45, 7) is 5.81. The molecule has 1 N–H and O–H groups in total. The molecule has 1 aromatic carbocycles. The summed E-state index contributed by atoms with van der Waals surface area (Å²) in [4.78, 5) is 16.6. The van der Waals surface area contributed by atoms with E-state index in [1.165, 1.54) is 18.4 Å². The van der Waals surface area contributed by atoms with Crippen LogP contribution in [0.3, 0.4) is 0 Å². The van der Waals surface area contributed by atoms with Crippen LogP contribution in [0.4, 0.5) is 10.8 Å². The largest absolute Gasteiger partial charge is 0.491 e. The number of thiazole rings is 1. The normalized spacial score (nSPS) is 10.5. The second-order valence-corrected chi connectivity index (χ2v) is 5.93. The molecule has 5 nitrogen and oxygen atoms in total. The van der Waals surface area contributed by atoms with E-state index >= 15 is 0 Å². The van der Waals surface area contributed by atoms with Crippen molar-refractivity contribution in [2.75, 3.05) is 12.4 Å². The van der Waals surface area contributed by atoms with Crippen molar-refractivity contribution in [2.24, 2.45) is 0 Å². The number of aromatic nitrogens is 1. The van der Waals surface area contributed by atoms with Crippen LogP contribution in [0.2, 0.25) is 0 Å². The smallest absolute Gasteiger partial charge is 0.357 e. The lowest BCUT2D eigenvalue weighted by Gasteiger charge is -2.10. The average Bonchev–Trinajstić information content (AvgIpc) is 2.80. The van der Waals surface area contributed by atoms with Gasteiger partial charge in [-0.3, -0.25) is 0 Å². The van der Waals surface area contributed by atoms with Crippen LogP contribution in [0.5, 0.6) is 5.75 Å². The summed E-state index contributed by atoms with van der Waals surface area (Å²) in [6.07, 6.45) is 0.146. The molecule has 1 aromatic heterocycles. The van der Waals surface area contributed by atoms with Crippen LogP contribution < -0.4 is 10.1 Å². The Morgan fingerprint density at radius 1 is 1.29 bits per heavy atom. The SMILES string of the molecule is COC(=O)c1nc(Nc2ccc(OC(C)C)cc2)sc1C. The standard InChI is InChI=1S/C15H18N2O3S/c1-9(2)20-12-7-5-11(6-8-12)16-15-17-13(10(3)21-15)14(18)19-4/h5-9H,1-4H3,(H,16,17). The van der Waals surface area contributed by atoms with Crippen molar-refractivity contribution in [2.45, 2.75) is 26.9 Å². The Morgan fingerprint density at radius 2 is 1.95 bits per heavy atom. The summed E-state index contributed by atoms with van der Waals surface area (Å²) >= 11 is 1.41. The summed E-state index contributed by atoms with van der Waals surface area (Å²) in [5, 5.41) is 3.83. The predicted octanol–water partition coefficient (Wildman–Crippen LogP) is 3.77. The number of nitrogens with zero attached hydrogens (tertiary/aromatic N) is 1. The highest BCUT2D eigenvalue weighted by Gasteiger charge is 2.15. The maximum absolute atomic E-state index is 11.5. The lowest BCUT2D eigenvalue weighted by Crippen LogP contribution is -2.05. The Balaban J connectivity index is 2.09. The molecule has 6 heteroatoms. The fourth-order valence-electron chi connectivity index (χ4n) is 1.75. The Morgan fingerprint density at radius 3 is 2.52 bits per heavy atom. The molecular formula is C15H18N2O3S. The van der Waals surface area contributed by atoms with Gasteiger partial charge >= 0.3 is 5.97 Å². The third-order valence-corrected chi connectivity index (χ3v) is 3.54. The van der Waals surface area contributed by atoms with E-state index in [2.05, 4.69) is 10.3 Å². The van der Waals surface area contributed by atoms with Gasteiger partial charge in [0, 0.05) is 10.6 Å². The van der Waals surface area contributed by atoms with Crippen LogP contribution in [0, 0.1) is 6.92 Å². The van der Waals surface area contributed by atoms with Crippen molar-refractivity contribution in [1.29, 1.82) is 0 Å². The number of carbonyl (C=O) groups is 1. The molecule has 21 heavy (non-hydrogen) atoms. The second-order valence-electron chi connectivity index (χ2n) is 4.73. The number of anilines is 2. The molecule has 0 unspecified atom stereocenters. The Bertz CT molecular complexity index is 620. The molecule has 0 fully saturated rings. The van der Waals surface area contributed by atoms with Crippen LogP contribution in [-0.2, 0) is 4.74 Å². The first kappa shape index (κ1) is 15.3. The van der Waals surface area contributed by atoms with Gasteiger partial charge in [-0.1, -0.05) is 0 Å². The van der Waals surface area contributed by atoms with Gasteiger partial charge in [0.25, 0.3) is 0 Å². The second kappa shape index (κ2) is 6.58. The quantitative estimate of drug-likeness (QED) is 0.852. The topological polar surface area (TPSA) is 60.5 Å². The maximum Gasteiger partial charge on any atom is 0.357 e. The molecule has 0 aliphatic heterocycles. The number of nitrogens with one attached hydrogen (secondary N) is 1. The van der Waals surface area contributed by atoms with Crippen molar-refractivity contribution in [3.63, 3.8) is 0 Å².